The number of aliphatic hydroxyl groups is 1. The van der Waals surface area contributed by atoms with Gasteiger partial charge in [-0.3, -0.25) is 9.78 Å². The minimum Gasteiger partial charge on any atom is -0.495 e. The van der Waals surface area contributed by atoms with Crippen molar-refractivity contribution in [3.8, 4) is 5.75 Å². The molecule has 1 atom stereocenters. The van der Waals surface area contributed by atoms with Crippen molar-refractivity contribution < 1.29 is 14.6 Å². The molecule has 2 aromatic heterocycles. The second-order valence-corrected chi connectivity index (χ2v) is 6.76. The topological polar surface area (TPSA) is 87.2 Å². The number of nitrogens with one attached hydrogen (secondary N) is 2. The molecule has 4 rings (SSSR count). The highest BCUT2D eigenvalue weighted by atomic mass is 16.5. The lowest BCUT2D eigenvalue weighted by molar-refractivity contribution is 0.0234. The maximum Gasteiger partial charge on any atom is 0.268 e. The summed E-state index contributed by atoms with van der Waals surface area (Å²) in [6.45, 7) is 0. The van der Waals surface area contributed by atoms with Gasteiger partial charge in [-0.05, 0) is 42.5 Å². The Hall–Kier alpha value is -2.86. The number of carbonyl (C=O) groups excluding carboxylic acids is 1. The van der Waals surface area contributed by atoms with Gasteiger partial charge in [-0.2, -0.15) is 0 Å². The number of nitrogens with zero attached hydrogens (tertiary/aromatic N) is 1. The van der Waals surface area contributed by atoms with Crippen LogP contribution in [0.15, 0.2) is 48.8 Å². The van der Waals surface area contributed by atoms with Crippen molar-refractivity contribution in [1.29, 1.82) is 0 Å². The molecule has 6 nitrogen and oxygen atoms in total. The van der Waals surface area contributed by atoms with E-state index in [1.807, 2.05) is 36.4 Å². The molecule has 1 aliphatic carbocycles. The standard InChI is InChI=1S/C20H21N3O3/c1-26-16-8-14(10-21-11-16)19(13-6-15(24)7-13)23-20(25)18-9-12-4-2-3-5-17(12)22-18/h2-5,8-11,13,15,19,22,24H,6-7H2,1H3,(H,23,25)/t13?,15?,19-/m1/s1. The van der Waals surface area contributed by atoms with E-state index in [1.165, 1.54) is 0 Å². The monoisotopic (exact) mass is 351 g/mol. The summed E-state index contributed by atoms with van der Waals surface area (Å²) in [4.78, 5) is 20.2. The first-order valence-corrected chi connectivity index (χ1v) is 8.69. The van der Waals surface area contributed by atoms with Crippen LogP contribution in [0.25, 0.3) is 10.9 Å². The Morgan fingerprint density at radius 1 is 1.31 bits per heavy atom. The van der Waals surface area contributed by atoms with Gasteiger partial charge in [0.05, 0.1) is 25.5 Å². The number of aromatic nitrogens is 2. The van der Waals surface area contributed by atoms with Gasteiger partial charge < -0.3 is 20.1 Å². The predicted octanol–water partition coefficient (Wildman–Crippen LogP) is 2.81. The Bertz CT molecular complexity index is 898. The van der Waals surface area contributed by atoms with E-state index in [1.54, 1.807) is 19.5 Å². The number of carbonyl (C=O) groups is 1. The quantitative estimate of drug-likeness (QED) is 0.660. The van der Waals surface area contributed by atoms with E-state index in [0.717, 1.165) is 16.5 Å². The number of H-pyrrole nitrogens is 1. The summed E-state index contributed by atoms with van der Waals surface area (Å²) in [5.74, 6) is 0.648. The smallest absolute Gasteiger partial charge is 0.268 e. The highest BCUT2D eigenvalue weighted by Crippen LogP contribution is 2.38. The van der Waals surface area contributed by atoms with Crippen molar-refractivity contribution in [3.05, 3.63) is 60.0 Å². The van der Waals surface area contributed by atoms with Crippen LogP contribution in [0.5, 0.6) is 5.75 Å². The fourth-order valence-electron chi connectivity index (χ4n) is 3.51. The molecule has 3 aromatic rings. The molecular formula is C20H21N3O3. The minimum atomic E-state index is -0.300. The van der Waals surface area contributed by atoms with Crippen molar-refractivity contribution in [2.75, 3.05) is 7.11 Å². The van der Waals surface area contributed by atoms with Gasteiger partial charge in [0.1, 0.15) is 11.4 Å². The van der Waals surface area contributed by atoms with Crippen molar-refractivity contribution in [3.63, 3.8) is 0 Å². The lowest BCUT2D eigenvalue weighted by atomic mass is 9.75. The van der Waals surface area contributed by atoms with Gasteiger partial charge in [0.2, 0.25) is 0 Å². The number of fused-ring (bicyclic) bond motifs is 1. The molecule has 1 aromatic carbocycles. The summed E-state index contributed by atoms with van der Waals surface area (Å²) < 4.78 is 5.26. The third kappa shape index (κ3) is 3.15. The molecule has 0 aliphatic heterocycles. The highest BCUT2D eigenvalue weighted by molar-refractivity contribution is 5.98. The van der Waals surface area contributed by atoms with Crippen LogP contribution in [0.2, 0.25) is 0 Å². The number of methoxy groups -OCH3 is 1. The number of benzene rings is 1. The molecule has 2 heterocycles. The number of pyridine rings is 1. The zero-order valence-electron chi connectivity index (χ0n) is 14.5. The highest BCUT2D eigenvalue weighted by Gasteiger charge is 2.36. The van der Waals surface area contributed by atoms with Crippen LogP contribution in [0.1, 0.15) is 34.9 Å². The minimum absolute atomic E-state index is 0.171. The molecule has 134 valence electrons. The Labute approximate surface area is 151 Å². The van der Waals surface area contributed by atoms with E-state index in [0.29, 0.717) is 24.3 Å². The Kier molecular flexibility index (Phi) is 4.34. The molecule has 26 heavy (non-hydrogen) atoms. The number of para-hydroxylation sites is 1. The van der Waals surface area contributed by atoms with Crippen LogP contribution in [-0.2, 0) is 0 Å². The summed E-state index contributed by atoms with van der Waals surface area (Å²) in [5.41, 5.74) is 2.33. The largest absolute Gasteiger partial charge is 0.495 e. The molecule has 1 fully saturated rings. The van der Waals surface area contributed by atoms with E-state index in [9.17, 15) is 9.90 Å². The number of aromatic amines is 1. The van der Waals surface area contributed by atoms with Crippen LogP contribution in [0, 0.1) is 5.92 Å². The number of hydrogen-bond donors (Lipinski definition) is 3. The molecule has 0 unspecified atom stereocenters. The van der Waals surface area contributed by atoms with Crippen molar-refractivity contribution in [2.24, 2.45) is 5.92 Å². The molecule has 0 bridgehead atoms. The van der Waals surface area contributed by atoms with E-state index >= 15 is 0 Å². The summed E-state index contributed by atoms with van der Waals surface area (Å²) >= 11 is 0. The van der Waals surface area contributed by atoms with Crippen LogP contribution in [-0.4, -0.2) is 34.2 Å². The molecule has 0 spiro atoms. The second-order valence-electron chi connectivity index (χ2n) is 6.76. The number of aliphatic hydroxyl groups excluding tert-OH is 1. The fraction of sp³-hybridized carbons (Fsp3) is 0.300. The summed E-state index contributed by atoms with van der Waals surface area (Å²) in [5, 5.41) is 13.8. The maximum absolute atomic E-state index is 12.8. The molecule has 0 radical (unpaired) electrons. The molecular weight excluding hydrogens is 330 g/mol. The molecule has 1 aliphatic rings. The van der Waals surface area contributed by atoms with Crippen molar-refractivity contribution >= 4 is 16.8 Å². The van der Waals surface area contributed by atoms with Crippen LogP contribution in [0.4, 0.5) is 0 Å². The van der Waals surface area contributed by atoms with Gasteiger partial charge in [-0.25, -0.2) is 0 Å². The lowest BCUT2D eigenvalue weighted by Crippen LogP contribution is -2.41. The van der Waals surface area contributed by atoms with Crippen LogP contribution >= 0.6 is 0 Å². The predicted molar refractivity (Wildman–Crippen MR) is 98.0 cm³/mol. The lowest BCUT2D eigenvalue weighted by Gasteiger charge is -2.38. The average molecular weight is 351 g/mol. The average Bonchev–Trinajstić information content (AvgIpc) is 3.08. The first-order valence-electron chi connectivity index (χ1n) is 8.69. The molecule has 6 heteroatoms. The SMILES string of the molecule is COc1cncc([C@H](NC(=O)c2cc3ccccc3[nH]2)C2CC(O)C2)c1. The van der Waals surface area contributed by atoms with Gasteiger partial charge in [-0.1, -0.05) is 18.2 Å². The normalized spacial score (nSPS) is 20.4. The van der Waals surface area contributed by atoms with Crippen LogP contribution < -0.4 is 10.1 Å². The number of rotatable bonds is 5. The Morgan fingerprint density at radius 3 is 2.85 bits per heavy atom. The first kappa shape index (κ1) is 16.6. The fourth-order valence-corrected chi connectivity index (χ4v) is 3.51. The zero-order valence-corrected chi connectivity index (χ0v) is 14.5. The number of ether oxygens (including phenoxy) is 1. The summed E-state index contributed by atoms with van der Waals surface area (Å²) in [6, 6.07) is 11.3. The molecule has 1 saturated carbocycles. The molecule has 0 saturated heterocycles. The Balaban J connectivity index is 1.60. The number of hydrogen-bond acceptors (Lipinski definition) is 4. The van der Waals surface area contributed by atoms with Gasteiger partial charge >= 0.3 is 0 Å². The van der Waals surface area contributed by atoms with E-state index in [2.05, 4.69) is 15.3 Å². The molecule has 3 N–H and O–H groups in total. The van der Waals surface area contributed by atoms with Crippen molar-refractivity contribution in [1.82, 2.24) is 15.3 Å². The van der Waals surface area contributed by atoms with Gasteiger partial charge in [-0.15, -0.1) is 0 Å². The van der Waals surface area contributed by atoms with Gasteiger partial charge in [0.15, 0.2) is 0 Å². The second kappa shape index (κ2) is 6.80. The zero-order chi connectivity index (χ0) is 18.1. The maximum atomic E-state index is 12.8. The third-order valence-electron chi connectivity index (χ3n) is 5.01. The van der Waals surface area contributed by atoms with E-state index in [-0.39, 0.29) is 24.0 Å². The number of amides is 1. The summed E-state index contributed by atoms with van der Waals surface area (Å²) in [6.07, 6.45) is 4.40. The van der Waals surface area contributed by atoms with Gasteiger partial charge in [0.25, 0.3) is 5.91 Å². The molecule has 1 amide bonds. The van der Waals surface area contributed by atoms with Crippen molar-refractivity contribution in [2.45, 2.75) is 25.0 Å². The van der Waals surface area contributed by atoms with Gasteiger partial charge in [0, 0.05) is 17.1 Å². The first-order chi connectivity index (χ1) is 12.6. The third-order valence-corrected chi connectivity index (χ3v) is 5.01. The summed E-state index contributed by atoms with van der Waals surface area (Å²) in [7, 11) is 1.59. The van der Waals surface area contributed by atoms with E-state index in [4.69, 9.17) is 4.74 Å². The Morgan fingerprint density at radius 2 is 2.12 bits per heavy atom. The van der Waals surface area contributed by atoms with Crippen LogP contribution in [0.3, 0.4) is 0 Å². The van der Waals surface area contributed by atoms with E-state index < -0.39 is 0 Å².